The fraction of sp³-hybridized carbons (Fsp3) is 0.222. The van der Waals surface area contributed by atoms with E-state index in [4.69, 9.17) is 0 Å². The highest BCUT2D eigenvalue weighted by Gasteiger charge is 2.45. The van der Waals surface area contributed by atoms with Gasteiger partial charge in [-0.2, -0.15) is 13.2 Å². The maximum atomic E-state index is 12.6. The number of carbonyl (C=O) groups is 1. The van der Waals surface area contributed by atoms with Crippen LogP contribution in [0.25, 0.3) is 0 Å². The number of benzene rings is 1. The Hall–Kier alpha value is -1.86. The quantitative estimate of drug-likeness (QED) is 0.571. The largest absolute Gasteiger partial charge is 0.586 e. The van der Waals surface area contributed by atoms with Crippen LogP contribution in [0.3, 0.4) is 0 Å². The van der Waals surface area contributed by atoms with Gasteiger partial charge >= 0.3 is 12.5 Å². The summed E-state index contributed by atoms with van der Waals surface area (Å²) < 4.78 is 69.2. The zero-order chi connectivity index (χ0) is 12.8. The predicted molar refractivity (Wildman–Crippen MR) is 43.0 cm³/mol. The van der Waals surface area contributed by atoms with E-state index in [1.165, 1.54) is 0 Å². The molecule has 0 amide bonds. The Balaban J connectivity index is 2.35. The fourth-order valence-electron chi connectivity index (χ4n) is 1.25. The van der Waals surface area contributed by atoms with E-state index in [-0.39, 0.29) is 0 Å². The molecule has 0 saturated carbocycles. The van der Waals surface area contributed by atoms with E-state index < -0.39 is 35.3 Å². The van der Waals surface area contributed by atoms with Gasteiger partial charge in [0.1, 0.15) is 0 Å². The van der Waals surface area contributed by atoms with Crippen LogP contribution in [-0.4, -0.2) is 18.3 Å². The number of carbonyl (C=O) groups excluding carboxylic acids is 1. The zero-order valence-electron chi connectivity index (χ0n) is 7.85. The third-order valence-electron chi connectivity index (χ3n) is 1.92. The van der Waals surface area contributed by atoms with Crippen molar-refractivity contribution in [1.29, 1.82) is 0 Å². The lowest BCUT2D eigenvalue weighted by molar-refractivity contribution is -0.286. The van der Waals surface area contributed by atoms with Crippen LogP contribution in [0.5, 0.6) is 11.5 Å². The summed E-state index contributed by atoms with van der Waals surface area (Å²) in [6, 6.07) is 2.11. The summed E-state index contributed by atoms with van der Waals surface area (Å²) in [6.45, 7) is 0. The molecule has 0 aliphatic carbocycles. The van der Waals surface area contributed by atoms with Crippen molar-refractivity contribution in [2.75, 3.05) is 0 Å². The molecule has 1 aromatic rings. The van der Waals surface area contributed by atoms with Gasteiger partial charge in [0, 0.05) is 5.56 Å². The van der Waals surface area contributed by atoms with E-state index >= 15 is 0 Å². The number of hydrogen-bond donors (Lipinski definition) is 0. The third kappa shape index (κ3) is 2.15. The second-order valence-electron chi connectivity index (χ2n) is 3.16. The summed E-state index contributed by atoms with van der Waals surface area (Å²) in [5.74, 6) is -3.17. The topological polar surface area (TPSA) is 35.5 Å². The van der Waals surface area contributed by atoms with Crippen LogP contribution >= 0.6 is 0 Å². The molecule has 1 aliphatic heterocycles. The van der Waals surface area contributed by atoms with E-state index in [1.807, 2.05) is 0 Å². The maximum Gasteiger partial charge on any atom is 0.586 e. The Morgan fingerprint density at radius 2 is 1.71 bits per heavy atom. The smallest absolute Gasteiger partial charge is 0.395 e. The van der Waals surface area contributed by atoms with Gasteiger partial charge in [-0.15, -0.1) is 8.78 Å². The van der Waals surface area contributed by atoms with E-state index in [2.05, 4.69) is 9.47 Å². The van der Waals surface area contributed by atoms with Gasteiger partial charge in [-0.25, -0.2) is 0 Å². The van der Waals surface area contributed by atoms with E-state index in [0.717, 1.165) is 12.1 Å². The number of halogens is 5. The van der Waals surface area contributed by atoms with Crippen molar-refractivity contribution in [1.82, 2.24) is 0 Å². The normalized spacial score (nSPS) is 17.0. The summed E-state index contributed by atoms with van der Waals surface area (Å²) in [5, 5.41) is 0. The van der Waals surface area contributed by atoms with Gasteiger partial charge in [0.25, 0.3) is 5.78 Å². The van der Waals surface area contributed by atoms with Crippen LogP contribution in [0.4, 0.5) is 22.0 Å². The lowest BCUT2D eigenvalue weighted by Gasteiger charge is -2.05. The molecular weight excluding hydrogens is 251 g/mol. The average molecular weight is 254 g/mol. The van der Waals surface area contributed by atoms with E-state index in [9.17, 15) is 26.7 Å². The Morgan fingerprint density at radius 1 is 1.12 bits per heavy atom. The summed E-state index contributed by atoms with van der Waals surface area (Å²) in [7, 11) is 0. The summed E-state index contributed by atoms with van der Waals surface area (Å²) in [4.78, 5) is 10.8. The molecule has 0 aromatic heterocycles. The molecule has 1 aliphatic rings. The van der Waals surface area contributed by atoms with E-state index in [0.29, 0.717) is 6.07 Å². The Labute approximate surface area is 90.7 Å². The van der Waals surface area contributed by atoms with Crippen molar-refractivity contribution in [2.45, 2.75) is 12.5 Å². The molecule has 8 heteroatoms. The summed E-state index contributed by atoms with van der Waals surface area (Å²) in [6.07, 6.45) is -9.00. The van der Waals surface area contributed by atoms with Gasteiger partial charge in [-0.1, -0.05) is 0 Å². The molecule has 92 valence electrons. The van der Waals surface area contributed by atoms with Crippen molar-refractivity contribution in [3.63, 3.8) is 0 Å². The van der Waals surface area contributed by atoms with E-state index in [1.54, 1.807) is 0 Å². The highest BCUT2D eigenvalue weighted by molar-refractivity contribution is 6.00. The molecule has 1 aromatic carbocycles. The van der Waals surface area contributed by atoms with Crippen molar-refractivity contribution >= 4 is 5.78 Å². The molecule has 0 radical (unpaired) electrons. The number of Topliss-reactive ketones (excluding diaryl/α,β-unsaturated/α-hetero) is 1. The molecule has 3 nitrogen and oxygen atoms in total. The minimum absolute atomic E-state index is 0.422. The molecule has 0 atom stereocenters. The SMILES string of the molecule is O=C(c1ccc2c(c1)OC(F)(F)O2)C(F)(F)F. The molecule has 1 heterocycles. The first-order valence-electron chi connectivity index (χ1n) is 4.20. The molecule has 17 heavy (non-hydrogen) atoms. The average Bonchev–Trinajstić information content (AvgIpc) is 2.47. The summed E-state index contributed by atoms with van der Waals surface area (Å²) in [5.41, 5.74) is -0.794. The fourth-order valence-corrected chi connectivity index (χ4v) is 1.25. The number of rotatable bonds is 1. The number of ketones is 1. The number of ether oxygens (including phenoxy) is 2. The molecule has 0 spiro atoms. The minimum atomic E-state index is -5.07. The minimum Gasteiger partial charge on any atom is -0.395 e. The lowest BCUT2D eigenvalue weighted by Crippen LogP contribution is -2.26. The number of hydrogen-bond acceptors (Lipinski definition) is 3. The Bertz CT molecular complexity index is 480. The standard InChI is InChI=1S/C9H3F5O3/c10-8(11,12)7(15)4-1-2-5-6(3-4)17-9(13,14)16-5/h1-3H. The molecule has 0 bridgehead atoms. The zero-order valence-corrected chi connectivity index (χ0v) is 7.85. The summed E-state index contributed by atoms with van der Waals surface area (Å²) >= 11 is 0. The van der Waals surface area contributed by atoms with Gasteiger partial charge < -0.3 is 9.47 Å². The highest BCUT2D eigenvalue weighted by atomic mass is 19.4. The second kappa shape index (κ2) is 3.31. The van der Waals surface area contributed by atoms with Crippen molar-refractivity contribution in [3.8, 4) is 11.5 Å². The van der Waals surface area contributed by atoms with Crippen LogP contribution in [0.1, 0.15) is 10.4 Å². The third-order valence-corrected chi connectivity index (χ3v) is 1.92. The van der Waals surface area contributed by atoms with Crippen LogP contribution < -0.4 is 9.47 Å². The second-order valence-corrected chi connectivity index (χ2v) is 3.16. The Morgan fingerprint density at radius 3 is 2.29 bits per heavy atom. The first-order valence-corrected chi connectivity index (χ1v) is 4.20. The lowest BCUT2D eigenvalue weighted by atomic mass is 10.1. The predicted octanol–water partition coefficient (Wildman–Crippen LogP) is 2.75. The van der Waals surface area contributed by atoms with Crippen LogP contribution in [0, 0.1) is 0 Å². The van der Waals surface area contributed by atoms with Gasteiger partial charge in [-0.3, -0.25) is 4.79 Å². The van der Waals surface area contributed by atoms with Crippen molar-refractivity contribution in [3.05, 3.63) is 23.8 Å². The molecule has 0 N–H and O–H groups in total. The van der Waals surface area contributed by atoms with Gasteiger partial charge in [0.2, 0.25) is 0 Å². The molecule has 0 saturated heterocycles. The first-order chi connectivity index (χ1) is 7.69. The van der Waals surface area contributed by atoms with Gasteiger partial charge in [-0.05, 0) is 18.2 Å². The molecule has 0 fully saturated rings. The highest BCUT2D eigenvalue weighted by Crippen LogP contribution is 2.41. The van der Waals surface area contributed by atoms with Crippen molar-refractivity contribution < 1.29 is 36.2 Å². The first kappa shape index (κ1) is 11.6. The van der Waals surface area contributed by atoms with Gasteiger partial charge in [0.15, 0.2) is 11.5 Å². The molecule has 0 unspecified atom stereocenters. The Kier molecular flexibility index (Phi) is 2.27. The molecule has 2 rings (SSSR count). The van der Waals surface area contributed by atoms with Gasteiger partial charge in [0.05, 0.1) is 0 Å². The van der Waals surface area contributed by atoms with Crippen LogP contribution in [-0.2, 0) is 0 Å². The van der Waals surface area contributed by atoms with Crippen molar-refractivity contribution in [2.24, 2.45) is 0 Å². The molecular formula is C9H3F5O3. The van der Waals surface area contributed by atoms with Crippen LogP contribution in [0.15, 0.2) is 18.2 Å². The maximum absolute atomic E-state index is 12.6. The van der Waals surface area contributed by atoms with Crippen LogP contribution in [0.2, 0.25) is 0 Å². The number of alkyl halides is 5. The monoisotopic (exact) mass is 254 g/mol. The number of fused-ring (bicyclic) bond motifs is 1.